The van der Waals surface area contributed by atoms with Gasteiger partial charge in [0.15, 0.2) is 0 Å². The zero-order valence-corrected chi connectivity index (χ0v) is 11.0. The molecular formula is C11H17Os. The Labute approximate surface area is 89.4 Å². The van der Waals surface area contributed by atoms with Gasteiger partial charge >= 0.3 is 19.8 Å². The minimum absolute atomic E-state index is 0. The molecule has 0 aliphatic carbocycles. The van der Waals surface area contributed by atoms with Crippen LogP contribution in [-0.4, -0.2) is 0 Å². The third-order valence-corrected chi connectivity index (χ3v) is 1.28. The summed E-state index contributed by atoms with van der Waals surface area (Å²) in [5.74, 6) is 0. The summed E-state index contributed by atoms with van der Waals surface area (Å²) in [6, 6.07) is 7.47. The fraction of sp³-hybridized carbons (Fsp3) is 0.455. The van der Waals surface area contributed by atoms with Gasteiger partial charge in [0.05, 0.1) is 0 Å². The van der Waals surface area contributed by atoms with Crippen molar-refractivity contribution >= 4 is 0 Å². The first kappa shape index (κ1) is 14.4. The fourth-order valence-corrected chi connectivity index (χ4v) is 1.11. The second-order valence-electron chi connectivity index (χ2n) is 2.52. The zero-order valence-electron chi connectivity index (χ0n) is 8.51. The summed E-state index contributed by atoms with van der Waals surface area (Å²) in [4.78, 5) is 0. The molecule has 12 heavy (non-hydrogen) atoms. The summed E-state index contributed by atoms with van der Waals surface area (Å²) < 4.78 is 0. The molecule has 0 saturated heterocycles. The predicted molar refractivity (Wildman–Crippen MR) is 50.8 cm³/mol. The first-order valence-corrected chi connectivity index (χ1v) is 4.15. The van der Waals surface area contributed by atoms with Crippen molar-refractivity contribution < 1.29 is 19.8 Å². The van der Waals surface area contributed by atoms with Crippen LogP contribution in [0.4, 0.5) is 0 Å². The molecule has 0 unspecified atom stereocenters. The van der Waals surface area contributed by atoms with E-state index in [-0.39, 0.29) is 19.8 Å². The van der Waals surface area contributed by atoms with Crippen molar-refractivity contribution in [2.75, 3.05) is 0 Å². The van der Waals surface area contributed by atoms with Crippen molar-refractivity contribution in [1.29, 1.82) is 0 Å². The van der Waals surface area contributed by atoms with Crippen molar-refractivity contribution in [2.24, 2.45) is 0 Å². The van der Waals surface area contributed by atoms with Crippen molar-refractivity contribution in [3.8, 4) is 0 Å². The Balaban J connectivity index is 0. The molecule has 1 radical (unpaired) electrons. The van der Waals surface area contributed by atoms with Gasteiger partial charge in [-0.25, -0.2) is 0 Å². The van der Waals surface area contributed by atoms with Crippen LogP contribution in [0.1, 0.15) is 30.5 Å². The Kier molecular flexibility index (Phi) is 8.99. The van der Waals surface area contributed by atoms with Crippen molar-refractivity contribution in [3.63, 3.8) is 0 Å². The van der Waals surface area contributed by atoms with E-state index in [0.29, 0.717) is 0 Å². The Morgan fingerprint density at radius 1 is 0.917 bits per heavy atom. The minimum Gasteiger partial charge on any atom is -0.177 e. The van der Waals surface area contributed by atoms with Gasteiger partial charge in [0.1, 0.15) is 0 Å². The maximum Gasteiger partial charge on any atom is 1.00 e. The molecule has 0 saturated carbocycles. The molecule has 1 rings (SSSR count). The van der Waals surface area contributed by atoms with E-state index < -0.39 is 0 Å². The van der Waals surface area contributed by atoms with Crippen molar-refractivity contribution in [1.82, 2.24) is 0 Å². The number of benzene rings is 1. The van der Waals surface area contributed by atoms with E-state index in [1.165, 1.54) is 16.7 Å². The maximum atomic E-state index is 3.21. The van der Waals surface area contributed by atoms with E-state index in [4.69, 9.17) is 0 Å². The third kappa shape index (κ3) is 5.50. The molecule has 0 atom stereocenters. The molecule has 1 aromatic rings. The summed E-state index contributed by atoms with van der Waals surface area (Å²) in [7, 11) is 0. The molecule has 1 aromatic carbocycles. The van der Waals surface area contributed by atoms with Gasteiger partial charge in [-0.1, -0.05) is 34.6 Å². The summed E-state index contributed by atoms with van der Waals surface area (Å²) in [5, 5.41) is 0. The van der Waals surface area contributed by atoms with Gasteiger partial charge in [-0.2, -0.15) is 34.9 Å². The largest absolute Gasteiger partial charge is 1.00 e. The van der Waals surface area contributed by atoms with Crippen LogP contribution in [0.15, 0.2) is 12.1 Å². The van der Waals surface area contributed by atoms with Gasteiger partial charge in [0.25, 0.3) is 0 Å². The fourth-order valence-electron chi connectivity index (χ4n) is 1.11. The van der Waals surface area contributed by atoms with Crippen LogP contribution in [0.3, 0.4) is 0 Å². The van der Waals surface area contributed by atoms with Gasteiger partial charge in [0.2, 0.25) is 0 Å². The smallest absolute Gasteiger partial charge is 0.177 e. The Morgan fingerprint density at radius 3 is 1.50 bits per heavy atom. The second-order valence-corrected chi connectivity index (χ2v) is 2.52. The van der Waals surface area contributed by atoms with Crippen LogP contribution in [0.5, 0.6) is 0 Å². The van der Waals surface area contributed by atoms with Crippen LogP contribution in [0.2, 0.25) is 0 Å². The standard InChI is InChI=1S/C9H11.C2H6.Os/c1-7-4-8(2)6-9(3)5-7;1-2;/h4-5H,1-3H3;1-2H3;/q-1;;+1. The molecule has 0 aliphatic rings. The average Bonchev–Trinajstić information content (AvgIpc) is 1.88. The summed E-state index contributed by atoms with van der Waals surface area (Å²) >= 11 is 0. The summed E-state index contributed by atoms with van der Waals surface area (Å²) in [6.07, 6.45) is 0. The zero-order chi connectivity index (χ0) is 8.85. The Bertz CT molecular complexity index is 166. The minimum atomic E-state index is 0. The van der Waals surface area contributed by atoms with Gasteiger partial charge in [-0.3, -0.25) is 0 Å². The van der Waals surface area contributed by atoms with Crippen molar-refractivity contribution in [3.05, 3.63) is 34.9 Å². The van der Waals surface area contributed by atoms with E-state index in [2.05, 4.69) is 39.0 Å². The SMILES string of the molecule is CC.Cc1[c-]c(C)cc(C)c1.[Os+]. The van der Waals surface area contributed by atoms with E-state index >= 15 is 0 Å². The molecular weight excluding hydrogens is 322 g/mol. The molecule has 0 fully saturated rings. The van der Waals surface area contributed by atoms with Gasteiger partial charge in [-0.15, -0.1) is 0 Å². The molecule has 0 aliphatic heterocycles. The van der Waals surface area contributed by atoms with Crippen LogP contribution >= 0.6 is 0 Å². The molecule has 0 heterocycles. The first-order valence-electron chi connectivity index (χ1n) is 4.15. The quantitative estimate of drug-likeness (QED) is 0.635. The third-order valence-electron chi connectivity index (χ3n) is 1.28. The van der Waals surface area contributed by atoms with E-state index in [9.17, 15) is 0 Å². The molecule has 0 amide bonds. The number of hydrogen-bond donors (Lipinski definition) is 0. The molecule has 0 nitrogen and oxygen atoms in total. The number of rotatable bonds is 0. The van der Waals surface area contributed by atoms with Crippen molar-refractivity contribution in [2.45, 2.75) is 34.6 Å². The topological polar surface area (TPSA) is 0 Å². The molecule has 0 bridgehead atoms. The molecule has 0 spiro atoms. The van der Waals surface area contributed by atoms with Gasteiger partial charge in [-0.05, 0) is 0 Å². The van der Waals surface area contributed by atoms with Gasteiger partial charge in [0, 0.05) is 0 Å². The maximum absolute atomic E-state index is 3.21. The van der Waals surface area contributed by atoms with E-state index in [1.54, 1.807) is 0 Å². The first-order chi connectivity index (χ1) is 5.18. The number of aryl methyl sites for hydroxylation is 3. The normalized spacial score (nSPS) is 7.75. The average molecular weight is 339 g/mol. The monoisotopic (exact) mass is 341 g/mol. The van der Waals surface area contributed by atoms with Crippen LogP contribution in [0, 0.1) is 26.8 Å². The van der Waals surface area contributed by atoms with Crippen LogP contribution in [0.25, 0.3) is 0 Å². The van der Waals surface area contributed by atoms with E-state index in [0.717, 1.165) is 0 Å². The van der Waals surface area contributed by atoms with Gasteiger partial charge < -0.3 is 0 Å². The van der Waals surface area contributed by atoms with Crippen LogP contribution < -0.4 is 0 Å². The Hall–Kier alpha value is -0.144. The second kappa shape index (κ2) is 7.50. The van der Waals surface area contributed by atoms with Crippen LogP contribution in [-0.2, 0) is 19.8 Å². The summed E-state index contributed by atoms with van der Waals surface area (Å²) in [5.41, 5.74) is 3.78. The molecule has 0 aromatic heterocycles. The predicted octanol–water partition coefficient (Wildman–Crippen LogP) is 3.44. The van der Waals surface area contributed by atoms with E-state index in [1.807, 2.05) is 13.8 Å². The number of hydrogen-bond acceptors (Lipinski definition) is 0. The molecule has 0 N–H and O–H groups in total. The molecule has 69 valence electrons. The summed E-state index contributed by atoms with van der Waals surface area (Å²) in [6.45, 7) is 10.2. The Morgan fingerprint density at radius 2 is 1.25 bits per heavy atom. The molecule has 1 heteroatoms.